The summed E-state index contributed by atoms with van der Waals surface area (Å²) in [6.45, 7) is 6.09. The molecule has 0 saturated carbocycles. The fourth-order valence-electron chi connectivity index (χ4n) is 2.45. The van der Waals surface area contributed by atoms with Crippen molar-refractivity contribution in [3.63, 3.8) is 0 Å². The molecule has 0 aliphatic heterocycles. The molecule has 6 nitrogen and oxygen atoms in total. The first-order valence-electron chi connectivity index (χ1n) is 7.65. The summed E-state index contributed by atoms with van der Waals surface area (Å²) >= 11 is 0. The number of nitrogens with one attached hydrogen (secondary N) is 1. The Morgan fingerprint density at radius 2 is 2.08 bits per heavy atom. The number of nitrogens with zero attached hydrogens (tertiary/aromatic N) is 4. The Kier molecular flexibility index (Phi) is 5.30. The van der Waals surface area contributed by atoms with Crippen LogP contribution in [0.15, 0.2) is 18.3 Å². The summed E-state index contributed by atoms with van der Waals surface area (Å²) in [5.74, 6) is -0.255. The van der Waals surface area contributed by atoms with Gasteiger partial charge in [0.25, 0.3) is 0 Å². The van der Waals surface area contributed by atoms with E-state index in [1.807, 2.05) is 19.9 Å². The average Bonchev–Trinajstić information content (AvgIpc) is 3.10. The summed E-state index contributed by atoms with van der Waals surface area (Å²) < 4.78 is 40.8. The second kappa shape index (κ2) is 7.06. The number of aryl methyl sites for hydroxylation is 3. The highest BCUT2D eigenvalue weighted by atomic mass is 19.4. The number of halogens is 3. The molecule has 132 valence electrons. The summed E-state index contributed by atoms with van der Waals surface area (Å²) in [6, 6.07) is 2.56. The van der Waals surface area contributed by atoms with E-state index in [4.69, 9.17) is 0 Å². The number of carbonyl (C=O) groups is 1. The van der Waals surface area contributed by atoms with E-state index in [0.29, 0.717) is 12.2 Å². The number of alkyl halides is 3. The molecule has 24 heavy (non-hydrogen) atoms. The molecule has 0 aromatic carbocycles. The fraction of sp³-hybridized carbons (Fsp3) is 0.533. The van der Waals surface area contributed by atoms with Crippen molar-refractivity contribution in [1.82, 2.24) is 24.9 Å². The summed E-state index contributed by atoms with van der Waals surface area (Å²) in [4.78, 5) is 12.0. The Bertz CT molecular complexity index is 704. The van der Waals surface area contributed by atoms with Gasteiger partial charge < -0.3 is 5.32 Å². The van der Waals surface area contributed by atoms with E-state index in [0.717, 1.165) is 11.8 Å². The zero-order valence-electron chi connectivity index (χ0n) is 13.8. The lowest BCUT2D eigenvalue weighted by atomic mass is 10.2. The maximum Gasteiger partial charge on any atom is 0.435 e. The zero-order valence-corrected chi connectivity index (χ0v) is 13.8. The molecular weight excluding hydrogens is 323 g/mol. The Labute approximate surface area is 137 Å². The number of carbonyl (C=O) groups excluding carboxylic acids is 1. The normalized spacial score (nSPS) is 13.1. The zero-order chi connectivity index (χ0) is 17.9. The first kappa shape index (κ1) is 18.0. The third kappa shape index (κ3) is 4.15. The van der Waals surface area contributed by atoms with Gasteiger partial charge in [-0.2, -0.15) is 23.4 Å². The van der Waals surface area contributed by atoms with Gasteiger partial charge in [-0.3, -0.25) is 14.2 Å². The van der Waals surface area contributed by atoms with Crippen molar-refractivity contribution < 1.29 is 18.0 Å². The van der Waals surface area contributed by atoms with Crippen molar-refractivity contribution in [3.05, 3.63) is 35.4 Å². The van der Waals surface area contributed by atoms with Gasteiger partial charge in [0.2, 0.25) is 5.91 Å². The van der Waals surface area contributed by atoms with E-state index >= 15 is 0 Å². The molecule has 9 heteroatoms. The predicted molar refractivity (Wildman–Crippen MR) is 81.0 cm³/mol. The molecule has 2 rings (SSSR count). The Morgan fingerprint density at radius 1 is 1.38 bits per heavy atom. The van der Waals surface area contributed by atoms with Gasteiger partial charge in [-0.25, -0.2) is 0 Å². The molecule has 1 amide bonds. The highest BCUT2D eigenvalue weighted by molar-refractivity contribution is 5.76. The monoisotopic (exact) mass is 343 g/mol. The van der Waals surface area contributed by atoms with Crippen LogP contribution in [-0.2, 0) is 24.1 Å². The summed E-state index contributed by atoms with van der Waals surface area (Å²) in [7, 11) is 0. The molecule has 2 aromatic rings. The third-order valence-electron chi connectivity index (χ3n) is 3.69. The molecule has 0 radical (unpaired) electrons. The molecule has 2 aromatic heterocycles. The van der Waals surface area contributed by atoms with Gasteiger partial charge in [0, 0.05) is 31.4 Å². The van der Waals surface area contributed by atoms with Crippen LogP contribution in [0.5, 0.6) is 0 Å². The second-order valence-corrected chi connectivity index (χ2v) is 5.50. The van der Waals surface area contributed by atoms with Gasteiger partial charge in [-0.05, 0) is 32.9 Å². The highest BCUT2D eigenvalue weighted by Gasteiger charge is 2.34. The van der Waals surface area contributed by atoms with E-state index in [2.05, 4.69) is 15.5 Å². The topological polar surface area (TPSA) is 64.7 Å². The van der Waals surface area contributed by atoms with Crippen molar-refractivity contribution in [1.29, 1.82) is 0 Å². The van der Waals surface area contributed by atoms with Crippen LogP contribution in [0.3, 0.4) is 0 Å². The number of rotatable bonds is 6. The van der Waals surface area contributed by atoms with Gasteiger partial charge in [-0.1, -0.05) is 0 Å². The first-order chi connectivity index (χ1) is 11.2. The lowest BCUT2D eigenvalue weighted by Crippen LogP contribution is -2.29. The minimum absolute atomic E-state index is 0.0461. The molecule has 1 N–H and O–H groups in total. The van der Waals surface area contributed by atoms with Crippen molar-refractivity contribution in [2.75, 3.05) is 0 Å². The molecule has 0 spiro atoms. The van der Waals surface area contributed by atoms with Crippen LogP contribution in [0, 0.1) is 6.92 Å². The minimum atomic E-state index is -4.48. The summed E-state index contributed by atoms with van der Waals surface area (Å²) in [5, 5.41) is 10.5. The summed E-state index contributed by atoms with van der Waals surface area (Å²) in [6.07, 6.45) is -2.77. The first-order valence-corrected chi connectivity index (χ1v) is 7.65. The van der Waals surface area contributed by atoms with Crippen molar-refractivity contribution in [2.45, 2.75) is 52.5 Å². The SMILES string of the molecule is CCn1nccc1C(C)NC(=O)CCn1nc(C(F)(F)F)cc1C. The quantitative estimate of drug-likeness (QED) is 0.877. The average molecular weight is 343 g/mol. The highest BCUT2D eigenvalue weighted by Crippen LogP contribution is 2.28. The molecule has 0 aliphatic rings. The second-order valence-electron chi connectivity index (χ2n) is 5.50. The van der Waals surface area contributed by atoms with Crippen LogP contribution < -0.4 is 5.32 Å². The molecular formula is C15H20F3N5O. The lowest BCUT2D eigenvalue weighted by Gasteiger charge is -2.15. The van der Waals surface area contributed by atoms with Crippen LogP contribution in [-0.4, -0.2) is 25.5 Å². The molecule has 1 atom stereocenters. The van der Waals surface area contributed by atoms with Crippen molar-refractivity contribution in [2.24, 2.45) is 0 Å². The number of hydrogen-bond donors (Lipinski definition) is 1. The van der Waals surface area contributed by atoms with Gasteiger partial charge >= 0.3 is 6.18 Å². The van der Waals surface area contributed by atoms with Crippen LogP contribution >= 0.6 is 0 Å². The van der Waals surface area contributed by atoms with Crippen molar-refractivity contribution in [3.8, 4) is 0 Å². The van der Waals surface area contributed by atoms with Crippen LogP contribution in [0.25, 0.3) is 0 Å². The molecule has 0 aliphatic carbocycles. The van der Waals surface area contributed by atoms with Gasteiger partial charge in [0.1, 0.15) is 0 Å². The number of hydrogen-bond acceptors (Lipinski definition) is 3. The molecule has 0 bridgehead atoms. The van der Waals surface area contributed by atoms with E-state index in [9.17, 15) is 18.0 Å². The van der Waals surface area contributed by atoms with E-state index in [-0.39, 0.29) is 24.9 Å². The maximum atomic E-state index is 12.6. The van der Waals surface area contributed by atoms with Gasteiger partial charge in [0.05, 0.1) is 11.7 Å². The Balaban J connectivity index is 1.93. The minimum Gasteiger partial charge on any atom is -0.348 e. The maximum absolute atomic E-state index is 12.6. The Morgan fingerprint density at radius 3 is 2.67 bits per heavy atom. The van der Waals surface area contributed by atoms with E-state index in [1.165, 1.54) is 11.6 Å². The smallest absolute Gasteiger partial charge is 0.348 e. The van der Waals surface area contributed by atoms with Gasteiger partial charge in [-0.15, -0.1) is 0 Å². The third-order valence-corrected chi connectivity index (χ3v) is 3.69. The van der Waals surface area contributed by atoms with Crippen LogP contribution in [0.2, 0.25) is 0 Å². The number of aromatic nitrogens is 4. The van der Waals surface area contributed by atoms with Crippen LogP contribution in [0.1, 0.15) is 43.4 Å². The molecule has 0 saturated heterocycles. The Hall–Kier alpha value is -2.32. The lowest BCUT2D eigenvalue weighted by molar-refractivity contribution is -0.141. The fourth-order valence-corrected chi connectivity index (χ4v) is 2.45. The van der Waals surface area contributed by atoms with Crippen molar-refractivity contribution >= 4 is 5.91 Å². The number of amides is 1. The largest absolute Gasteiger partial charge is 0.435 e. The predicted octanol–water partition coefficient (Wildman–Crippen LogP) is 2.69. The van der Waals surface area contributed by atoms with Gasteiger partial charge in [0.15, 0.2) is 5.69 Å². The molecule has 1 unspecified atom stereocenters. The molecule has 0 fully saturated rings. The van der Waals surface area contributed by atoms with E-state index < -0.39 is 11.9 Å². The molecule has 2 heterocycles. The standard InChI is InChI=1S/C15H20F3N5O/c1-4-22-12(5-7-19-22)11(3)20-14(24)6-8-23-10(2)9-13(21-23)15(16,17)18/h5,7,9,11H,4,6,8H2,1-3H3,(H,20,24). The van der Waals surface area contributed by atoms with Crippen LogP contribution in [0.4, 0.5) is 13.2 Å². The summed E-state index contributed by atoms with van der Waals surface area (Å²) in [5.41, 5.74) is 0.299. The van der Waals surface area contributed by atoms with E-state index in [1.54, 1.807) is 10.9 Å².